The van der Waals surface area contributed by atoms with Crippen molar-refractivity contribution in [3.63, 3.8) is 0 Å². The number of aromatic nitrogens is 3. The van der Waals surface area contributed by atoms with E-state index in [1.807, 2.05) is 32.6 Å². The highest BCUT2D eigenvalue weighted by molar-refractivity contribution is 5.37. The SMILES string of the molecule is CNC(c1cc(C)nc(C)c1)c1c(OC)cnn1C. The van der Waals surface area contributed by atoms with Gasteiger partial charge in [-0.1, -0.05) is 0 Å². The largest absolute Gasteiger partial charge is 0.493 e. The number of pyridine rings is 1. The molecule has 5 nitrogen and oxygen atoms in total. The van der Waals surface area contributed by atoms with Crippen molar-refractivity contribution in [3.05, 3.63) is 41.0 Å². The molecule has 0 fully saturated rings. The molecule has 0 amide bonds. The summed E-state index contributed by atoms with van der Waals surface area (Å²) in [6, 6.07) is 4.20. The Kier molecular flexibility index (Phi) is 3.85. The Labute approximate surface area is 113 Å². The lowest BCUT2D eigenvalue weighted by Crippen LogP contribution is -2.21. The fourth-order valence-corrected chi connectivity index (χ4v) is 2.41. The number of ether oxygens (including phenoxy) is 1. The number of hydrogen-bond donors (Lipinski definition) is 1. The first-order chi connectivity index (χ1) is 9.06. The second-order valence-electron chi connectivity index (χ2n) is 4.63. The van der Waals surface area contributed by atoms with Crippen LogP contribution < -0.4 is 10.1 Å². The van der Waals surface area contributed by atoms with Crippen LogP contribution in [0.2, 0.25) is 0 Å². The second-order valence-corrected chi connectivity index (χ2v) is 4.63. The lowest BCUT2D eigenvalue weighted by atomic mass is 10.0. The molecule has 0 radical (unpaired) electrons. The Morgan fingerprint density at radius 1 is 1.26 bits per heavy atom. The van der Waals surface area contributed by atoms with Gasteiger partial charge in [-0.05, 0) is 38.6 Å². The summed E-state index contributed by atoms with van der Waals surface area (Å²) in [4.78, 5) is 4.42. The van der Waals surface area contributed by atoms with Crippen LogP contribution in [0.25, 0.3) is 0 Å². The topological polar surface area (TPSA) is 52.0 Å². The summed E-state index contributed by atoms with van der Waals surface area (Å²) < 4.78 is 7.23. The van der Waals surface area contributed by atoms with E-state index in [1.165, 1.54) is 0 Å². The summed E-state index contributed by atoms with van der Waals surface area (Å²) in [5.41, 5.74) is 4.19. The van der Waals surface area contributed by atoms with Crippen molar-refractivity contribution >= 4 is 0 Å². The van der Waals surface area contributed by atoms with Crippen LogP contribution in [0, 0.1) is 13.8 Å². The Morgan fingerprint density at radius 2 is 1.89 bits per heavy atom. The summed E-state index contributed by atoms with van der Waals surface area (Å²) in [5.74, 6) is 0.786. The third-order valence-corrected chi connectivity index (χ3v) is 3.17. The maximum absolute atomic E-state index is 5.39. The van der Waals surface area contributed by atoms with E-state index in [9.17, 15) is 0 Å². The van der Waals surface area contributed by atoms with Gasteiger partial charge in [0.05, 0.1) is 19.3 Å². The molecule has 0 saturated carbocycles. The zero-order valence-electron chi connectivity index (χ0n) is 12.1. The molecule has 2 aromatic rings. The van der Waals surface area contributed by atoms with Crippen LogP contribution in [0.3, 0.4) is 0 Å². The van der Waals surface area contributed by atoms with Crippen LogP contribution in [-0.2, 0) is 7.05 Å². The highest BCUT2D eigenvalue weighted by Gasteiger charge is 2.21. The third-order valence-electron chi connectivity index (χ3n) is 3.17. The maximum atomic E-state index is 5.39. The van der Waals surface area contributed by atoms with Gasteiger partial charge < -0.3 is 10.1 Å². The Morgan fingerprint density at radius 3 is 2.42 bits per heavy atom. The molecule has 0 aliphatic rings. The number of rotatable bonds is 4. The van der Waals surface area contributed by atoms with Crippen molar-refractivity contribution in [2.45, 2.75) is 19.9 Å². The Balaban J connectivity index is 2.52. The highest BCUT2D eigenvalue weighted by atomic mass is 16.5. The van der Waals surface area contributed by atoms with E-state index >= 15 is 0 Å². The van der Waals surface area contributed by atoms with Gasteiger partial charge in [0.1, 0.15) is 5.69 Å². The molecular weight excluding hydrogens is 240 g/mol. The number of methoxy groups -OCH3 is 1. The smallest absolute Gasteiger partial charge is 0.161 e. The van der Waals surface area contributed by atoms with Crippen LogP contribution in [0.5, 0.6) is 5.75 Å². The molecule has 0 aromatic carbocycles. The van der Waals surface area contributed by atoms with Gasteiger partial charge in [-0.3, -0.25) is 9.67 Å². The van der Waals surface area contributed by atoms with Crippen LogP contribution in [-0.4, -0.2) is 28.9 Å². The molecule has 1 atom stereocenters. The van der Waals surface area contributed by atoms with E-state index < -0.39 is 0 Å². The molecule has 0 aliphatic carbocycles. The molecule has 2 aromatic heterocycles. The maximum Gasteiger partial charge on any atom is 0.161 e. The fourth-order valence-electron chi connectivity index (χ4n) is 2.41. The average Bonchev–Trinajstić information content (AvgIpc) is 2.71. The van der Waals surface area contributed by atoms with E-state index in [1.54, 1.807) is 13.3 Å². The molecule has 0 bridgehead atoms. The summed E-state index contributed by atoms with van der Waals surface area (Å²) in [6.45, 7) is 4.01. The fraction of sp³-hybridized carbons (Fsp3) is 0.429. The predicted octanol–water partition coefficient (Wildman–Crippen LogP) is 1.75. The summed E-state index contributed by atoms with van der Waals surface area (Å²) in [6.07, 6.45) is 1.74. The van der Waals surface area contributed by atoms with Gasteiger partial charge in [-0.25, -0.2) is 0 Å². The van der Waals surface area contributed by atoms with E-state index in [-0.39, 0.29) is 6.04 Å². The highest BCUT2D eigenvalue weighted by Crippen LogP contribution is 2.29. The standard InChI is InChI=1S/C14H20N4O/c1-9-6-11(7-10(2)17-9)13(15-3)14-12(19-5)8-16-18(14)4/h6-8,13,15H,1-5H3. The molecule has 0 spiro atoms. The molecule has 0 saturated heterocycles. The molecular formula is C14H20N4O. The van der Waals surface area contributed by atoms with Crippen molar-refractivity contribution in [1.82, 2.24) is 20.1 Å². The monoisotopic (exact) mass is 260 g/mol. The van der Waals surface area contributed by atoms with Gasteiger partial charge >= 0.3 is 0 Å². The van der Waals surface area contributed by atoms with Crippen molar-refractivity contribution in [1.29, 1.82) is 0 Å². The number of nitrogens with one attached hydrogen (secondary N) is 1. The first-order valence-corrected chi connectivity index (χ1v) is 6.25. The predicted molar refractivity (Wildman–Crippen MR) is 74.4 cm³/mol. The van der Waals surface area contributed by atoms with E-state index in [4.69, 9.17) is 4.74 Å². The van der Waals surface area contributed by atoms with Gasteiger partial charge in [0.15, 0.2) is 5.75 Å². The molecule has 2 heterocycles. The van der Waals surface area contributed by atoms with E-state index in [0.717, 1.165) is 28.4 Å². The van der Waals surface area contributed by atoms with Crippen molar-refractivity contribution < 1.29 is 4.74 Å². The van der Waals surface area contributed by atoms with Crippen LogP contribution in [0.4, 0.5) is 0 Å². The molecule has 19 heavy (non-hydrogen) atoms. The van der Waals surface area contributed by atoms with E-state index in [0.29, 0.717) is 0 Å². The molecule has 0 aliphatic heterocycles. The number of aryl methyl sites for hydroxylation is 3. The van der Waals surface area contributed by atoms with E-state index in [2.05, 4.69) is 27.5 Å². The van der Waals surface area contributed by atoms with Gasteiger partial charge in [-0.15, -0.1) is 0 Å². The second kappa shape index (κ2) is 5.40. The minimum absolute atomic E-state index is 0.0304. The number of hydrogen-bond acceptors (Lipinski definition) is 4. The van der Waals surface area contributed by atoms with Crippen LogP contribution in [0.1, 0.15) is 28.7 Å². The van der Waals surface area contributed by atoms with Gasteiger partial charge in [0, 0.05) is 18.4 Å². The zero-order chi connectivity index (χ0) is 14.0. The first kappa shape index (κ1) is 13.5. The van der Waals surface area contributed by atoms with Crippen LogP contribution in [0.15, 0.2) is 18.3 Å². The molecule has 102 valence electrons. The normalized spacial score (nSPS) is 12.5. The molecule has 1 N–H and O–H groups in total. The van der Waals surface area contributed by atoms with Gasteiger partial charge in [0.2, 0.25) is 0 Å². The summed E-state index contributed by atoms with van der Waals surface area (Å²) in [5, 5.41) is 7.58. The van der Waals surface area contributed by atoms with Gasteiger partial charge in [0.25, 0.3) is 0 Å². The quantitative estimate of drug-likeness (QED) is 0.910. The van der Waals surface area contributed by atoms with Crippen molar-refractivity contribution in [2.75, 3.05) is 14.2 Å². The molecule has 5 heteroatoms. The lowest BCUT2D eigenvalue weighted by Gasteiger charge is -2.19. The minimum atomic E-state index is 0.0304. The summed E-state index contributed by atoms with van der Waals surface area (Å²) in [7, 11) is 5.52. The van der Waals surface area contributed by atoms with Crippen molar-refractivity contribution in [2.24, 2.45) is 7.05 Å². The summed E-state index contributed by atoms with van der Waals surface area (Å²) >= 11 is 0. The molecule has 1 unspecified atom stereocenters. The van der Waals surface area contributed by atoms with Gasteiger partial charge in [-0.2, -0.15) is 5.10 Å². The third kappa shape index (κ3) is 2.61. The Bertz CT molecular complexity index is 557. The van der Waals surface area contributed by atoms with Crippen LogP contribution >= 0.6 is 0 Å². The zero-order valence-corrected chi connectivity index (χ0v) is 12.1. The van der Waals surface area contributed by atoms with Crippen molar-refractivity contribution in [3.8, 4) is 5.75 Å². The lowest BCUT2D eigenvalue weighted by molar-refractivity contribution is 0.402. The Hall–Kier alpha value is -1.88. The number of nitrogens with zero attached hydrogens (tertiary/aromatic N) is 3. The minimum Gasteiger partial charge on any atom is -0.493 e. The average molecular weight is 260 g/mol. The first-order valence-electron chi connectivity index (χ1n) is 6.25. The molecule has 2 rings (SSSR count).